The molecule has 4 nitrogen and oxygen atoms in total. The van der Waals surface area contributed by atoms with Crippen LogP contribution >= 0.6 is 11.8 Å². The van der Waals surface area contributed by atoms with Crippen molar-refractivity contribution in [3.05, 3.63) is 6.07 Å². The Balaban J connectivity index is 2.19. The predicted molar refractivity (Wildman–Crippen MR) is 83.2 cm³/mol. The van der Waals surface area contributed by atoms with Gasteiger partial charge in [-0.25, -0.2) is 9.97 Å². The van der Waals surface area contributed by atoms with Crippen molar-refractivity contribution in [3.63, 3.8) is 0 Å². The minimum atomic E-state index is 0.609. The Kier molecular flexibility index (Phi) is 4.91. The van der Waals surface area contributed by atoms with Gasteiger partial charge in [-0.15, -0.1) is 0 Å². The number of anilines is 2. The van der Waals surface area contributed by atoms with Crippen LogP contribution in [0, 0.1) is 5.92 Å². The monoisotopic (exact) mass is 280 g/mol. The van der Waals surface area contributed by atoms with Crippen LogP contribution in [0.25, 0.3) is 0 Å². The molecule has 0 saturated heterocycles. The first-order chi connectivity index (χ1) is 9.13. The van der Waals surface area contributed by atoms with E-state index in [1.807, 2.05) is 19.4 Å². The van der Waals surface area contributed by atoms with Crippen molar-refractivity contribution in [2.24, 2.45) is 5.92 Å². The summed E-state index contributed by atoms with van der Waals surface area (Å²) >= 11 is 1.59. The molecular formula is C14H24N4S. The Morgan fingerprint density at radius 3 is 2.79 bits per heavy atom. The first kappa shape index (κ1) is 14.4. The average Bonchev–Trinajstić information content (AvgIpc) is 2.45. The molecular weight excluding hydrogens is 256 g/mol. The van der Waals surface area contributed by atoms with E-state index in [1.54, 1.807) is 11.8 Å². The Labute approximate surface area is 120 Å². The van der Waals surface area contributed by atoms with Crippen molar-refractivity contribution in [3.8, 4) is 0 Å². The fraction of sp³-hybridized carbons (Fsp3) is 0.714. The average molecular weight is 280 g/mol. The zero-order chi connectivity index (χ0) is 13.8. The summed E-state index contributed by atoms with van der Waals surface area (Å²) in [7, 11) is 4.06. The molecule has 5 heteroatoms. The Morgan fingerprint density at radius 2 is 2.16 bits per heavy atom. The maximum atomic E-state index is 4.64. The van der Waals surface area contributed by atoms with Gasteiger partial charge >= 0.3 is 0 Å². The summed E-state index contributed by atoms with van der Waals surface area (Å²) in [6, 6.07) is 2.65. The van der Waals surface area contributed by atoms with E-state index in [9.17, 15) is 0 Å². The van der Waals surface area contributed by atoms with Gasteiger partial charge in [-0.2, -0.15) is 0 Å². The molecule has 1 fully saturated rings. The van der Waals surface area contributed by atoms with E-state index >= 15 is 0 Å². The molecule has 0 bridgehead atoms. The maximum absolute atomic E-state index is 4.64. The third-order valence-electron chi connectivity index (χ3n) is 3.95. The van der Waals surface area contributed by atoms with Gasteiger partial charge in [0, 0.05) is 26.2 Å². The molecule has 1 saturated carbocycles. The number of hydrogen-bond donors (Lipinski definition) is 1. The summed E-state index contributed by atoms with van der Waals surface area (Å²) in [5.74, 6) is 2.75. The minimum absolute atomic E-state index is 0.609. The van der Waals surface area contributed by atoms with Gasteiger partial charge in [-0.3, -0.25) is 0 Å². The predicted octanol–water partition coefficient (Wildman–Crippen LogP) is 3.26. The summed E-state index contributed by atoms with van der Waals surface area (Å²) in [6.07, 6.45) is 7.25. The van der Waals surface area contributed by atoms with E-state index in [0.29, 0.717) is 6.04 Å². The summed E-state index contributed by atoms with van der Waals surface area (Å²) in [4.78, 5) is 11.4. The maximum Gasteiger partial charge on any atom is 0.191 e. The minimum Gasteiger partial charge on any atom is -0.373 e. The van der Waals surface area contributed by atoms with Crippen molar-refractivity contribution in [2.45, 2.75) is 43.8 Å². The van der Waals surface area contributed by atoms with Crippen LogP contribution in [0.15, 0.2) is 11.2 Å². The first-order valence-corrected chi connectivity index (χ1v) is 8.20. The normalized spacial score (nSPS) is 23.2. The van der Waals surface area contributed by atoms with Crippen LogP contribution in [0.4, 0.5) is 11.6 Å². The van der Waals surface area contributed by atoms with Gasteiger partial charge in [0.2, 0.25) is 0 Å². The molecule has 19 heavy (non-hydrogen) atoms. The second kappa shape index (κ2) is 6.46. The highest BCUT2D eigenvalue weighted by atomic mass is 32.2. The van der Waals surface area contributed by atoms with E-state index in [0.717, 1.165) is 22.7 Å². The number of nitrogens with zero attached hydrogens (tertiary/aromatic N) is 3. The summed E-state index contributed by atoms with van der Waals surface area (Å²) < 4.78 is 0. The molecule has 0 aromatic carbocycles. The topological polar surface area (TPSA) is 41.0 Å². The lowest BCUT2D eigenvalue weighted by molar-refractivity contribution is 0.335. The summed E-state index contributed by atoms with van der Waals surface area (Å²) in [6.45, 7) is 2.35. The summed E-state index contributed by atoms with van der Waals surface area (Å²) in [5.41, 5.74) is 0. The van der Waals surface area contributed by atoms with Crippen molar-refractivity contribution in [1.29, 1.82) is 0 Å². The molecule has 0 aliphatic heterocycles. The number of hydrogen-bond acceptors (Lipinski definition) is 5. The van der Waals surface area contributed by atoms with E-state index in [-0.39, 0.29) is 0 Å². The molecule has 1 aromatic rings. The second-order valence-corrected chi connectivity index (χ2v) is 6.16. The van der Waals surface area contributed by atoms with Crippen LogP contribution in [0.3, 0.4) is 0 Å². The number of rotatable bonds is 4. The fourth-order valence-electron chi connectivity index (χ4n) is 2.75. The molecule has 1 heterocycles. The molecule has 0 radical (unpaired) electrons. The lowest BCUT2D eigenvalue weighted by atomic mass is 9.86. The van der Waals surface area contributed by atoms with Gasteiger partial charge in [0.15, 0.2) is 5.16 Å². The van der Waals surface area contributed by atoms with Crippen molar-refractivity contribution < 1.29 is 0 Å². The zero-order valence-electron chi connectivity index (χ0n) is 12.3. The van der Waals surface area contributed by atoms with Gasteiger partial charge < -0.3 is 10.2 Å². The van der Waals surface area contributed by atoms with Crippen molar-refractivity contribution in [1.82, 2.24) is 9.97 Å². The molecule has 1 N–H and O–H groups in total. The van der Waals surface area contributed by atoms with E-state index in [1.165, 1.54) is 25.7 Å². The standard InChI is InChI=1S/C14H24N4S/c1-10-6-5-7-11(8-10)18(3)13-9-12(15-2)16-14(17-13)19-4/h9-11H,5-8H2,1-4H3,(H,15,16,17). The van der Waals surface area contributed by atoms with Crippen LogP contribution in [0.2, 0.25) is 0 Å². The van der Waals surface area contributed by atoms with Crippen LogP contribution < -0.4 is 10.2 Å². The van der Waals surface area contributed by atoms with Gasteiger partial charge in [0.25, 0.3) is 0 Å². The van der Waals surface area contributed by atoms with Crippen LogP contribution in [0.1, 0.15) is 32.6 Å². The lowest BCUT2D eigenvalue weighted by Gasteiger charge is -2.35. The molecule has 1 aromatic heterocycles. The largest absolute Gasteiger partial charge is 0.373 e. The molecule has 1 aliphatic rings. The third kappa shape index (κ3) is 3.53. The van der Waals surface area contributed by atoms with Gasteiger partial charge in [-0.05, 0) is 25.0 Å². The molecule has 0 amide bonds. The third-order valence-corrected chi connectivity index (χ3v) is 4.50. The smallest absolute Gasteiger partial charge is 0.191 e. The van der Waals surface area contributed by atoms with Crippen LogP contribution in [-0.4, -0.2) is 36.4 Å². The SMILES string of the molecule is CNc1cc(N(C)C2CCCC(C)C2)nc(SC)n1. The Hall–Kier alpha value is -0.970. The quantitative estimate of drug-likeness (QED) is 0.677. The highest BCUT2D eigenvalue weighted by Crippen LogP contribution is 2.30. The fourth-order valence-corrected chi connectivity index (χ4v) is 3.13. The van der Waals surface area contributed by atoms with Crippen molar-refractivity contribution >= 4 is 23.4 Å². The number of nitrogens with one attached hydrogen (secondary N) is 1. The van der Waals surface area contributed by atoms with Crippen LogP contribution in [-0.2, 0) is 0 Å². The Bertz CT molecular complexity index is 402. The molecule has 0 spiro atoms. The van der Waals surface area contributed by atoms with E-state index in [2.05, 4.69) is 34.2 Å². The highest BCUT2D eigenvalue weighted by molar-refractivity contribution is 7.98. The second-order valence-electron chi connectivity index (χ2n) is 5.38. The van der Waals surface area contributed by atoms with Gasteiger partial charge in [0.05, 0.1) is 0 Å². The molecule has 2 atom stereocenters. The lowest BCUT2D eigenvalue weighted by Crippen LogP contribution is -2.36. The first-order valence-electron chi connectivity index (χ1n) is 6.97. The van der Waals surface area contributed by atoms with E-state index < -0.39 is 0 Å². The Morgan fingerprint density at radius 1 is 1.37 bits per heavy atom. The van der Waals surface area contributed by atoms with Crippen molar-refractivity contribution in [2.75, 3.05) is 30.6 Å². The highest BCUT2D eigenvalue weighted by Gasteiger charge is 2.23. The zero-order valence-corrected chi connectivity index (χ0v) is 13.1. The molecule has 2 unspecified atom stereocenters. The van der Waals surface area contributed by atoms with Gasteiger partial charge in [-0.1, -0.05) is 31.5 Å². The molecule has 1 aliphatic carbocycles. The van der Waals surface area contributed by atoms with Crippen LogP contribution in [0.5, 0.6) is 0 Å². The van der Waals surface area contributed by atoms with Gasteiger partial charge in [0.1, 0.15) is 11.6 Å². The number of thioether (sulfide) groups is 1. The molecule has 2 rings (SSSR count). The van der Waals surface area contributed by atoms with E-state index in [4.69, 9.17) is 0 Å². The summed E-state index contributed by atoms with van der Waals surface area (Å²) in [5, 5.41) is 3.95. The molecule has 106 valence electrons. The number of aromatic nitrogens is 2.